The largest absolute Gasteiger partial charge is 0.379 e. The van der Waals surface area contributed by atoms with E-state index in [9.17, 15) is 0 Å². The Labute approximate surface area is 108 Å². The minimum atomic E-state index is 0.412. The van der Waals surface area contributed by atoms with E-state index in [1.54, 1.807) is 11.3 Å². The van der Waals surface area contributed by atoms with Crippen LogP contribution < -0.4 is 5.32 Å². The van der Waals surface area contributed by atoms with Crippen molar-refractivity contribution in [2.24, 2.45) is 0 Å². The highest BCUT2D eigenvalue weighted by atomic mass is 32.1. The van der Waals surface area contributed by atoms with E-state index >= 15 is 0 Å². The van der Waals surface area contributed by atoms with Crippen LogP contribution in [-0.2, 0) is 9.47 Å². The lowest BCUT2D eigenvalue weighted by atomic mass is 10.3. The highest BCUT2D eigenvalue weighted by molar-refractivity contribution is 7.10. The lowest BCUT2D eigenvalue weighted by Crippen LogP contribution is -2.23. The van der Waals surface area contributed by atoms with E-state index in [2.05, 4.69) is 36.7 Å². The number of hydrogen-bond acceptors (Lipinski definition) is 4. The van der Waals surface area contributed by atoms with Crippen LogP contribution in [0.2, 0.25) is 0 Å². The zero-order valence-corrected chi connectivity index (χ0v) is 11.6. The molecule has 1 N–H and O–H groups in total. The van der Waals surface area contributed by atoms with Crippen molar-refractivity contribution < 1.29 is 9.47 Å². The van der Waals surface area contributed by atoms with Gasteiger partial charge in [0.2, 0.25) is 0 Å². The molecule has 0 amide bonds. The first kappa shape index (κ1) is 14.6. The third kappa shape index (κ3) is 6.78. The molecule has 0 aliphatic rings. The summed E-state index contributed by atoms with van der Waals surface area (Å²) < 4.78 is 10.8. The minimum Gasteiger partial charge on any atom is -0.379 e. The van der Waals surface area contributed by atoms with Crippen molar-refractivity contribution in [2.45, 2.75) is 26.3 Å². The predicted molar refractivity (Wildman–Crippen MR) is 72.7 cm³/mol. The van der Waals surface area contributed by atoms with E-state index in [1.807, 2.05) is 0 Å². The maximum atomic E-state index is 5.46. The van der Waals surface area contributed by atoms with E-state index in [-0.39, 0.29) is 0 Å². The molecule has 0 fully saturated rings. The Bertz CT molecular complexity index is 264. The first-order valence-corrected chi connectivity index (χ1v) is 7.14. The first-order valence-electron chi connectivity index (χ1n) is 6.27. The van der Waals surface area contributed by atoms with Crippen molar-refractivity contribution in [1.82, 2.24) is 5.32 Å². The van der Waals surface area contributed by atoms with Gasteiger partial charge in [-0.25, -0.2) is 0 Å². The van der Waals surface area contributed by atoms with Gasteiger partial charge >= 0.3 is 0 Å². The van der Waals surface area contributed by atoms with Crippen LogP contribution in [0.15, 0.2) is 17.5 Å². The van der Waals surface area contributed by atoms with E-state index in [0.29, 0.717) is 19.3 Å². The second kappa shape index (κ2) is 9.59. The molecule has 1 unspecified atom stereocenters. The topological polar surface area (TPSA) is 30.5 Å². The summed E-state index contributed by atoms with van der Waals surface area (Å²) in [6.45, 7) is 8.13. The zero-order valence-electron chi connectivity index (χ0n) is 10.8. The summed E-state index contributed by atoms with van der Waals surface area (Å²) in [5.74, 6) is 0. The summed E-state index contributed by atoms with van der Waals surface area (Å²) in [5, 5.41) is 5.54. The van der Waals surface area contributed by atoms with E-state index < -0.39 is 0 Å². The fourth-order valence-electron chi connectivity index (χ4n) is 1.45. The summed E-state index contributed by atoms with van der Waals surface area (Å²) in [6.07, 6.45) is 1.07. The van der Waals surface area contributed by atoms with E-state index in [0.717, 1.165) is 26.2 Å². The Kier molecular flexibility index (Phi) is 8.26. The van der Waals surface area contributed by atoms with Crippen molar-refractivity contribution in [2.75, 3.05) is 33.0 Å². The van der Waals surface area contributed by atoms with Crippen LogP contribution in [-0.4, -0.2) is 33.0 Å². The Morgan fingerprint density at radius 1 is 1.24 bits per heavy atom. The summed E-state index contributed by atoms with van der Waals surface area (Å²) in [4.78, 5) is 1.37. The second-order valence-corrected chi connectivity index (χ2v) is 4.90. The first-order chi connectivity index (χ1) is 8.34. The quantitative estimate of drug-likeness (QED) is 0.654. The molecule has 0 bridgehead atoms. The van der Waals surface area contributed by atoms with Crippen molar-refractivity contribution in [3.05, 3.63) is 22.4 Å². The number of ether oxygens (including phenoxy) is 2. The molecule has 4 heteroatoms. The van der Waals surface area contributed by atoms with E-state index in [4.69, 9.17) is 9.47 Å². The van der Waals surface area contributed by atoms with Gasteiger partial charge in [0.05, 0.1) is 19.8 Å². The van der Waals surface area contributed by atoms with Gasteiger partial charge in [-0.2, -0.15) is 0 Å². The molecule has 1 aromatic rings. The molecular weight excluding hydrogens is 234 g/mol. The molecule has 0 spiro atoms. The Morgan fingerprint density at radius 3 is 2.65 bits per heavy atom. The molecule has 1 aromatic heterocycles. The predicted octanol–water partition coefficient (Wildman–Crippen LogP) is 2.84. The summed E-state index contributed by atoms with van der Waals surface area (Å²) in [7, 11) is 0. The summed E-state index contributed by atoms with van der Waals surface area (Å²) in [5.41, 5.74) is 0. The molecule has 1 atom stereocenters. The third-order valence-electron chi connectivity index (χ3n) is 2.39. The highest BCUT2D eigenvalue weighted by Crippen LogP contribution is 2.17. The number of nitrogens with one attached hydrogen (secondary N) is 1. The van der Waals surface area contributed by atoms with Gasteiger partial charge in [-0.1, -0.05) is 13.0 Å². The Hall–Kier alpha value is -0.420. The van der Waals surface area contributed by atoms with Crippen molar-refractivity contribution in [1.29, 1.82) is 0 Å². The molecule has 0 aromatic carbocycles. The fraction of sp³-hybridized carbons (Fsp3) is 0.692. The van der Waals surface area contributed by atoms with Gasteiger partial charge in [0.25, 0.3) is 0 Å². The summed E-state index contributed by atoms with van der Waals surface area (Å²) >= 11 is 1.79. The number of thiophene rings is 1. The molecule has 1 rings (SSSR count). The second-order valence-electron chi connectivity index (χ2n) is 3.92. The zero-order chi connectivity index (χ0) is 12.3. The monoisotopic (exact) mass is 257 g/mol. The smallest absolute Gasteiger partial charge is 0.0701 e. The highest BCUT2D eigenvalue weighted by Gasteiger charge is 2.04. The molecule has 98 valence electrons. The van der Waals surface area contributed by atoms with Crippen molar-refractivity contribution in [3.63, 3.8) is 0 Å². The van der Waals surface area contributed by atoms with Crippen molar-refractivity contribution in [3.8, 4) is 0 Å². The van der Waals surface area contributed by atoms with Gasteiger partial charge in [0.1, 0.15) is 0 Å². The van der Waals surface area contributed by atoms with Crippen molar-refractivity contribution >= 4 is 11.3 Å². The lowest BCUT2D eigenvalue weighted by molar-refractivity contribution is 0.0486. The van der Waals surface area contributed by atoms with Crippen LogP contribution in [0.4, 0.5) is 0 Å². The van der Waals surface area contributed by atoms with Crippen LogP contribution in [0.5, 0.6) is 0 Å². The Morgan fingerprint density at radius 2 is 2.00 bits per heavy atom. The molecule has 0 aliphatic carbocycles. The van der Waals surface area contributed by atoms with Gasteiger partial charge in [0, 0.05) is 24.1 Å². The third-order valence-corrected chi connectivity index (χ3v) is 3.44. The van der Waals surface area contributed by atoms with Crippen LogP contribution in [0.1, 0.15) is 31.2 Å². The standard InChI is InChI=1S/C13H23NO2S/c1-3-7-15-9-10-16-8-6-14-12(2)13-5-4-11-17-13/h4-5,11-12,14H,3,6-10H2,1-2H3. The Balaban J connectivity index is 1.90. The number of hydrogen-bond donors (Lipinski definition) is 1. The van der Waals surface area contributed by atoms with Gasteiger partial charge in [0.15, 0.2) is 0 Å². The molecule has 0 saturated carbocycles. The average Bonchev–Trinajstić information content (AvgIpc) is 2.86. The van der Waals surface area contributed by atoms with Gasteiger partial charge in [-0.3, -0.25) is 0 Å². The molecule has 3 nitrogen and oxygen atoms in total. The summed E-state index contributed by atoms with van der Waals surface area (Å²) in [6, 6.07) is 4.65. The molecule has 1 heterocycles. The van der Waals surface area contributed by atoms with Gasteiger partial charge < -0.3 is 14.8 Å². The molecule has 17 heavy (non-hydrogen) atoms. The van der Waals surface area contributed by atoms with Crippen LogP contribution >= 0.6 is 11.3 Å². The molecule has 0 radical (unpaired) electrons. The molecule has 0 aliphatic heterocycles. The van der Waals surface area contributed by atoms with Crippen LogP contribution in [0.3, 0.4) is 0 Å². The van der Waals surface area contributed by atoms with E-state index in [1.165, 1.54) is 4.88 Å². The van der Waals surface area contributed by atoms with Crippen LogP contribution in [0, 0.1) is 0 Å². The number of rotatable bonds is 10. The lowest BCUT2D eigenvalue weighted by Gasteiger charge is -2.12. The maximum absolute atomic E-state index is 5.46. The maximum Gasteiger partial charge on any atom is 0.0701 e. The fourth-order valence-corrected chi connectivity index (χ4v) is 2.21. The normalized spacial score (nSPS) is 12.8. The van der Waals surface area contributed by atoms with Gasteiger partial charge in [-0.05, 0) is 24.8 Å². The molecular formula is C13H23NO2S. The average molecular weight is 257 g/mol. The minimum absolute atomic E-state index is 0.412. The van der Waals surface area contributed by atoms with Gasteiger partial charge in [-0.15, -0.1) is 11.3 Å². The SMILES string of the molecule is CCCOCCOCCNC(C)c1cccs1. The van der Waals surface area contributed by atoms with Crippen LogP contribution in [0.25, 0.3) is 0 Å². The molecule has 0 saturated heterocycles.